The molecule has 3 aromatic rings. The Morgan fingerprint density at radius 1 is 1.33 bits per heavy atom. The van der Waals surface area contributed by atoms with Gasteiger partial charge in [0.1, 0.15) is 5.82 Å². The third kappa shape index (κ3) is 3.53. The van der Waals surface area contributed by atoms with E-state index in [0.717, 1.165) is 36.5 Å². The molecule has 0 bridgehead atoms. The van der Waals surface area contributed by atoms with E-state index < -0.39 is 0 Å². The molecule has 1 N–H and O–H groups in total. The molecule has 1 amide bonds. The molecule has 0 aromatic carbocycles. The standard InChI is InChI=1S/C18H21N7O2/c1-12-14(9-21-24(12)2)16-8-15(23-27-16)18(26)22-13-4-3-7-25(11-13)17-10-19-5-6-20-17/h5-6,8-10,13H,3-4,7,11H2,1-2H3,(H,22,26)/t13-/m1/s1. The summed E-state index contributed by atoms with van der Waals surface area (Å²) in [6.45, 7) is 3.53. The van der Waals surface area contributed by atoms with E-state index in [1.165, 1.54) is 0 Å². The molecule has 0 spiro atoms. The van der Waals surface area contributed by atoms with Crippen molar-refractivity contribution in [2.45, 2.75) is 25.8 Å². The maximum Gasteiger partial charge on any atom is 0.273 e. The Bertz CT molecular complexity index is 934. The van der Waals surface area contributed by atoms with Gasteiger partial charge in [-0.1, -0.05) is 5.16 Å². The molecule has 1 aliphatic rings. The lowest BCUT2D eigenvalue weighted by molar-refractivity contribution is 0.0924. The molecule has 1 fully saturated rings. The Kier molecular flexibility index (Phi) is 4.57. The molecule has 4 heterocycles. The first-order chi connectivity index (χ1) is 13.1. The first-order valence-corrected chi connectivity index (χ1v) is 8.89. The molecule has 140 valence electrons. The monoisotopic (exact) mass is 367 g/mol. The Morgan fingerprint density at radius 2 is 2.22 bits per heavy atom. The van der Waals surface area contributed by atoms with Gasteiger partial charge in [-0.05, 0) is 19.8 Å². The summed E-state index contributed by atoms with van der Waals surface area (Å²) in [5.74, 6) is 1.13. The summed E-state index contributed by atoms with van der Waals surface area (Å²) in [7, 11) is 1.86. The third-order valence-corrected chi connectivity index (χ3v) is 4.87. The van der Waals surface area contributed by atoms with Crippen LogP contribution in [0.1, 0.15) is 29.0 Å². The van der Waals surface area contributed by atoms with Crippen LogP contribution in [0.4, 0.5) is 5.82 Å². The minimum Gasteiger partial charge on any atom is -0.355 e. The summed E-state index contributed by atoms with van der Waals surface area (Å²) in [4.78, 5) is 23.2. The van der Waals surface area contributed by atoms with Crippen molar-refractivity contribution in [1.29, 1.82) is 0 Å². The second-order valence-electron chi connectivity index (χ2n) is 6.67. The van der Waals surface area contributed by atoms with Crippen molar-refractivity contribution < 1.29 is 9.32 Å². The van der Waals surface area contributed by atoms with E-state index in [0.29, 0.717) is 12.3 Å². The highest BCUT2D eigenvalue weighted by Gasteiger charge is 2.24. The molecule has 1 aliphatic heterocycles. The minimum atomic E-state index is -0.238. The van der Waals surface area contributed by atoms with E-state index in [4.69, 9.17) is 4.52 Å². The second kappa shape index (κ2) is 7.18. The first kappa shape index (κ1) is 17.2. The number of hydrogen-bond acceptors (Lipinski definition) is 7. The molecule has 4 rings (SSSR count). The van der Waals surface area contributed by atoms with Gasteiger partial charge in [0.15, 0.2) is 11.5 Å². The van der Waals surface area contributed by atoms with E-state index in [1.807, 2.05) is 14.0 Å². The smallest absolute Gasteiger partial charge is 0.273 e. The summed E-state index contributed by atoms with van der Waals surface area (Å²) >= 11 is 0. The average molecular weight is 367 g/mol. The van der Waals surface area contributed by atoms with Gasteiger partial charge >= 0.3 is 0 Å². The predicted molar refractivity (Wildman–Crippen MR) is 98.2 cm³/mol. The Morgan fingerprint density at radius 3 is 2.96 bits per heavy atom. The molecular formula is C18H21N7O2. The van der Waals surface area contributed by atoms with Gasteiger partial charge in [-0.3, -0.25) is 14.5 Å². The first-order valence-electron chi connectivity index (χ1n) is 8.89. The number of carbonyl (C=O) groups is 1. The van der Waals surface area contributed by atoms with Gasteiger partial charge in [-0.15, -0.1) is 0 Å². The van der Waals surface area contributed by atoms with Crippen LogP contribution >= 0.6 is 0 Å². The number of nitrogens with one attached hydrogen (secondary N) is 1. The van der Waals surface area contributed by atoms with E-state index in [1.54, 1.807) is 35.5 Å². The van der Waals surface area contributed by atoms with Crippen molar-refractivity contribution in [3.8, 4) is 11.3 Å². The van der Waals surface area contributed by atoms with Crippen LogP contribution in [0.2, 0.25) is 0 Å². The maximum atomic E-state index is 12.6. The maximum absolute atomic E-state index is 12.6. The Labute approximate surface area is 156 Å². The molecule has 0 radical (unpaired) electrons. The lowest BCUT2D eigenvalue weighted by Gasteiger charge is -2.33. The number of nitrogens with zero attached hydrogens (tertiary/aromatic N) is 6. The number of hydrogen-bond donors (Lipinski definition) is 1. The SMILES string of the molecule is Cc1c(-c2cc(C(=O)N[C@@H]3CCCN(c4cnccn4)C3)no2)cnn1C. The van der Waals surface area contributed by atoms with Crippen molar-refractivity contribution in [2.24, 2.45) is 7.05 Å². The summed E-state index contributed by atoms with van der Waals surface area (Å²) < 4.78 is 7.10. The third-order valence-electron chi connectivity index (χ3n) is 4.87. The molecular weight excluding hydrogens is 346 g/mol. The molecule has 0 aliphatic carbocycles. The topological polar surface area (TPSA) is 102 Å². The molecule has 1 saturated heterocycles. The van der Waals surface area contributed by atoms with Crippen LogP contribution in [0, 0.1) is 6.92 Å². The number of rotatable bonds is 4. The second-order valence-corrected chi connectivity index (χ2v) is 6.67. The fraction of sp³-hybridized carbons (Fsp3) is 0.389. The zero-order valence-electron chi connectivity index (χ0n) is 15.3. The number of carbonyl (C=O) groups excluding carboxylic acids is 1. The highest BCUT2D eigenvalue weighted by molar-refractivity contribution is 5.93. The number of piperidine rings is 1. The zero-order chi connectivity index (χ0) is 18.8. The van der Waals surface area contributed by atoms with E-state index >= 15 is 0 Å². The van der Waals surface area contributed by atoms with E-state index in [9.17, 15) is 4.79 Å². The van der Waals surface area contributed by atoms with Crippen LogP contribution in [0.3, 0.4) is 0 Å². The van der Waals surface area contributed by atoms with Crippen LogP contribution in [0.5, 0.6) is 0 Å². The van der Waals surface area contributed by atoms with Crippen molar-refractivity contribution in [3.63, 3.8) is 0 Å². The largest absolute Gasteiger partial charge is 0.355 e. The van der Waals surface area contributed by atoms with Gasteiger partial charge < -0.3 is 14.7 Å². The summed E-state index contributed by atoms with van der Waals surface area (Å²) in [5, 5.41) is 11.2. The van der Waals surface area contributed by atoms with Crippen molar-refractivity contribution in [3.05, 3.63) is 42.2 Å². The van der Waals surface area contributed by atoms with Gasteiger partial charge in [0.2, 0.25) is 0 Å². The normalized spacial score (nSPS) is 17.1. The minimum absolute atomic E-state index is 0.0218. The molecule has 0 saturated carbocycles. The van der Waals surface area contributed by atoms with Crippen molar-refractivity contribution in [1.82, 2.24) is 30.2 Å². The Hall–Kier alpha value is -3.23. The quantitative estimate of drug-likeness (QED) is 0.747. The predicted octanol–water partition coefficient (Wildman–Crippen LogP) is 1.57. The van der Waals surface area contributed by atoms with Gasteiger partial charge in [0.05, 0.1) is 18.0 Å². The van der Waals surface area contributed by atoms with E-state index in [-0.39, 0.29) is 17.6 Å². The number of anilines is 1. The molecule has 3 aromatic heterocycles. The van der Waals surface area contributed by atoms with Crippen LogP contribution in [0.15, 0.2) is 35.4 Å². The fourth-order valence-corrected chi connectivity index (χ4v) is 3.27. The molecule has 9 heteroatoms. The van der Waals surface area contributed by atoms with Crippen LogP contribution < -0.4 is 10.2 Å². The summed E-state index contributed by atoms with van der Waals surface area (Å²) in [6, 6.07) is 1.68. The zero-order valence-corrected chi connectivity index (χ0v) is 15.3. The summed E-state index contributed by atoms with van der Waals surface area (Å²) in [5.41, 5.74) is 2.05. The van der Waals surface area contributed by atoms with E-state index in [2.05, 4.69) is 30.4 Å². The molecule has 27 heavy (non-hydrogen) atoms. The van der Waals surface area contributed by atoms with Gasteiger partial charge in [0.25, 0.3) is 5.91 Å². The highest BCUT2D eigenvalue weighted by Crippen LogP contribution is 2.23. The molecule has 0 unspecified atom stereocenters. The van der Waals surface area contributed by atoms with Crippen LogP contribution in [-0.4, -0.2) is 49.9 Å². The number of aromatic nitrogens is 5. The lowest BCUT2D eigenvalue weighted by Crippen LogP contribution is -2.48. The highest BCUT2D eigenvalue weighted by atomic mass is 16.5. The van der Waals surface area contributed by atoms with Crippen molar-refractivity contribution in [2.75, 3.05) is 18.0 Å². The molecule has 1 atom stereocenters. The number of aryl methyl sites for hydroxylation is 1. The summed E-state index contributed by atoms with van der Waals surface area (Å²) in [6.07, 6.45) is 8.66. The fourth-order valence-electron chi connectivity index (χ4n) is 3.27. The van der Waals surface area contributed by atoms with Gasteiger partial charge in [-0.25, -0.2) is 4.98 Å². The van der Waals surface area contributed by atoms with Crippen molar-refractivity contribution >= 4 is 11.7 Å². The van der Waals surface area contributed by atoms with Gasteiger partial charge in [0, 0.05) is 50.3 Å². The molecule has 9 nitrogen and oxygen atoms in total. The Balaban J connectivity index is 1.43. The van der Waals surface area contributed by atoms with Crippen LogP contribution in [0.25, 0.3) is 11.3 Å². The average Bonchev–Trinajstić information content (AvgIpc) is 3.30. The lowest BCUT2D eigenvalue weighted by atomic mass is 10.1. The van der Waals surface area contributed by atoms with Gasteiger partial charge in [-0.2, -0.15) is 5.10 Å². The number of amides is 1. The van der Waals surface area contributed by atoms with Crippen LogP contribution in [-0.2, 0) is 7.05 Å².